The molecule has 0 spiro atoms. The summed E-state index contributed by atoms with van der Waals surface area (Å²) in [5.41, 5.74) is 7.11. The highest BCUT2D eigenvalue weighted by molar-refractivity contribution is 6.37. The number of likely N-dealkylation sites (tertiary alicyclic amines) is 1. The standard InChI is InChI=1S/C17H24Cl2N2O/c18-15-9-13(3-6-21-7-4-14(20)5-8-21)10-16(19)17(15)22-11-12-1-2-12/h9-10,12,14H,1-8,11,20H2. The molecule has 2 N–H and O–H groups in total. The van der Waals surface area contributed by atoms with Crippen LogP contribution in [-0.2, 0) is 6.42 Å². The van der Waals surface area contributed by atoms with Crippen LogP contribution in [0.2, 0.25) is 10.0 Å². The summed E-state index contributed by atoms with van der Waals surface area (Å²) >= 11 is 12.7. The first kappa shape index (κ1) is 16.4. The summed E-state index contributed by atoms with van der Waals surface area (Å²) in [5, 5.41) is 1.26. The third-order valence-electron chi connectivity index (χ3n) is 4.57. The number of benzene rings is 1. The molecular weight excluding hydrogens is 319 g/mol. The summed E-state index contributed by atoms with van der Waals surface area (Å²) in [4.78, 5) is 2.46. The molecule has 3 nitrogen and oxygen atoms in total. The van der Waals surface area contributed by atoms with Gasteiger partial charge in [0, 0.05) is 12.6 Å². The highest BCUT2D eigenvalue weighted by Gasteiger charge is 2.23. The zero-order valence-electron chi connectivity index (χ0n) is 12.9. The molecule has 0 aromatic heterocycles. The van der Waals surface area contributed by atoms with Crippen molar-refractivity contribution in [1.82, 2.24) is 4.90 Å². The molecule has 0 atom stereocenters. The van der Waals surface area contributed by atoms with Gasteiger partial charge in [-0.25, -0.2) is 0 Å². The van der Waals surface area contributed by atoms with Gasteiger partial charge in [0.25, 0.3) is 0 Å². The third kappa shape index (κ3) is 4.51. The summed E-state index contributed by atoms with van der Waals surface area (Å²) in [5.74, 6) is 1.33. The average molecular weight is 343 g/mol. The first-order chi connectivity index (χ1) is 10.6. The molecule has 122 valence electrons. The lowest BCUT2D eigenvalue weighted by molar-refractivity contribution is 0.215. The Morgan fingerprint density at radius 2 is 1.73 bits per heavy atom. The fourth-order valence-electron chi connectivity index (χ4n) is 2.84. The van der Waals surface area contributed by atoms with Gasteiger partial charge in [-0.05, 0) is 68.8 Å². The molecule has 1 heterocycles. The second-order valence-corrected chi connectivity index (χ2v) is 7.39. The number of rotatable bonds is 6. The number of hydrogen-bond donors (Lipinski definition) is 1. The molecule has 1 aliphatic carbocycles. The van der Waals surface area contributed by atoms with Crippen molar-refractivity contribution in [3.05, 3.63) is 27.7 Å². The normalized spacial score (nSPS) is 20.3. The Labute approximate surface area is 142 Å². The van der Waals surface area contributed by atoms with Gasteiger partial charge in [-0.2, -0.15) is 0 Å². The largest absolute Gasteiger partial charge is 0.490 e. The number of halogens is 2. The summed E-state index contributed by atoms with van der Waals surface area (Å²) in [7, 11) is 0. The number of nitrogens with two attached hydrogens (primary N) is 1. The van der Waals surface area contributed by atoms with Gasteiger partial charge < -0.3 is 15.4 Å². The van der Waals surface area contributed by atoms with E-state index >= 15 is 0 Å². The van der Waals surface area contributed by atoms with Gasteiger partial charge in [-0.1, -0.05) is 23.2 Å². The van der Waals surface area contributed by atoms with Gasteiger partial charge in [0.2, 0.25) is 0 Å². The Morgan fingerprint density at radius 3 is 2.32 bits per heavy atom. The van der Waals surface area contributed by atoms with E-state index in [9.17, 15) is 0 Å². The number of ether oxygens (including phenoxy) is 1. The van der Waals surface area contributed by atoms with Crippen LogP contribution in [0.15, 0.2) is 12.1 Å². The van der Waals surface area contributed by atoms with Crippen LogP contribution in [0.5, 0.6) is 5.75 Å². The van der Waals surface area contributed by atoms with Crippen LogP contribution >= 0.6 is 23.2 Å². The molecule has 0 unspecified atom stereocenters. The first-order valence-corrected chi connectivity index (χ1v) is 8.96. The van der Waals surface area contributed by atoms with Gasteiger partial charge in [0.1, 0.15) is 0 Å². The Hall–Kier alpha value is -0.480. The second-order valence-electron chi connectivity index (χ2n) is 6.57. The molecule has 5 heteroatoms. The highest BCUT2D eigenvalue weighted by Crippen LogP contribution is 2.37. The van der Waals surface area contributed by atoms with E-state index in [1.165, 1.54) is 18.4 Å². The van der Waals surface area contributed by atoms with Gasteiger partial charge in [-0.15, -0.1) is 0 Å². The lowest BCUT2D eigenvalue weighted by Gasteiger charge is -2.30. The van der Waals surface area contributed by atoms with E-state index in [1.54, 1.807) is 0 Å². The Kier molecular flexibility index (Phi) is 5.50. The SMILES string of the molecule is NC1CCN(CCc2cc(Cl)c(OCC3CC3)c(Cl)c2)CC1. The van der Waals surface area contributed by atoms with Crippen molar-refractivity contribution in [2.75, 3.05) is 26.2 Å². The van der Waals surface area contributed by atoms with E-state index in [-0.39, 0.29) is 0 Å². The van der Waals surface area contributed by atoms with Crippen LogP contribution in [0.4, 0.5) is 0 Å². The first-order valence-electron chi connectivity index (χ1n) is 8.20. The van der Waals surface area contributed by atoms with Gasteiger partial charge in [0.05, 0.1) is 16.7 Å². The quantitative estimate of drug-likeness (QED) is 0.855. The van der Waals surface area contributed by atoms with Crippen molar-refractivity contribution in [3.63, 3.8) is 0 Å². The maximum atomic E-state index is 6.34. The van der Waals surface area contributed by atoms with Crippen molar-refractivity contribution in [2.24, 2.45) is 11.7 Å². The van der Waals surface area contributed by atoms with Gasteiger partial charge in [0.15, 0.2) is 5.75 Å². The minimum atomic E-state index is 0.378. The van der Waals surface area contributed by atoms with Crippen LogP contribution in [0.1, 0.15) is 31.2 Å². The lowest BCUT2D eigenvalue weighted by atomic mass is 10.1. The molecule has 0 bridgehead atoms. The number of piperidine rings is 1. The molecule has 2 fully saturated rings. The van der Waals surface area contributed by atoms with Crippen LogP contribution < -0.4 is 10.5 Å². The zero-order valence-corrected chi connectivity index (χ0v) is 14.4. The van der Waals surface area contributed by atoms with Gasteiger partial charge in [-0.3, -0.25) is 0 Å². The van der Waals surface area contributed by atoms with Gasteiger partial charge >= 0.3 is 0 Å². The molecular formula is C17H24Cl2N2O. The molecule has 1 saturated heterocycles. The van der Waals surface area contributed by atoms with Crippen molar-refractivity contribution < 1.29 is 4.74 Å². The Bertz CT molecular complexity index is 488. The molecule has 0 amide bonds. The van der Waals surface area contributed by atoms with E-state index in [2.05, 4.69) is 4.90 Å². The average Bonchev–Trinajstić information content (AvgIpc) is 3.30. The van der Waals surface area contributed by atoms with E-state index in [0.717, 1.165) is 45.5 Å². The summed E-state index contributed by atoms with van der Waals surface area (Å²) in [6.45, 7) is 3.94. The highest BCUT2D eigenvalue weighted by atomic mass is 35.5. The van der Waals surface area contributed by atoms with Crippen molar-refractivity contribution in [1.29, 1.82) is 0 Å². The smallest absolute Gasteiger partial charge is 0.156 e. The maximum absolute atomic E-state index is 6.34. The summed E-state index contributed by atoms with van der Waals surface area (Å²) < 4.78 is 5.76. The van der Waals surface area contributed by atoms with E-state index in [0.29, 0.717) is 27.8 Å². The number of hydrogen-bond acceptors (Lipinski definition) is 3. The number of nitrogens with zero attached hydrogens (tertiary/aromatic N) is 1. The monoisotopic (exact) mass is 342 g/mol. The second kappa shape index (κ2) is 7.39. The topological polar surface area (TPSA) is 38.5 Å². The van der Waals surface area contributed by atoms with Crippen LogP contribution in [0, 0.1) is 5.92 Å². The Balaban J connectivity index is 1.54. The van der Waals surface area contributed by atoms with Crippen molar-refractivity contribution >= 4 is 23.2 Å². The predicted octanol–water partition coefficient (Wildman–Crippen LogP) is 3.75. The summed E-state index contributed by atoms with van der Waals surface area (Å²) in [6, 6.07) is 4.36. The van der Waals surface area contributed by atoms with Crippen LogP contribution in [0.25, 0.3) is 0 Å². The zero-order chi connectivity index (χ0) is 15.5. The molecule has 1 aromatic carbocycles. The minimum Gasteiger partial charge on any atom is -0.490 e. The van der Waals surface area contributed by atoms with Crippen LogP contribution in [-0.4, -0.2) is 37.2 Å². The summed E-state index contributed by atoms with van der Waals surface area (Å²) in [6.07, 6.45) is 5.65. The fourth-order valence-corrected chi connectivity index (χ4v) is 3.49. The molecule has 0 radical (unpaired) electrons. The van der Waals surface area contributed by atoms with E-state index in [4.69, 9.17) is 33.7 Å². The van der Waals surface area contributed by atoms with Crippen LogP contribution in [0.3, 0.4) is 0 Å². The lowest BCUT2D eigenvalue weighted by Crippen LogP contribution is -2.40. The molecule has 2 aliphatic rings. The predicted molar refractivity (Wildman–Crippen MR) is 92.0 cm³/mol. The molecule has 22 heavy (non-hydrogen) atoms. The molecule has 1 aromatic rings. The third-order valence-corrected chi connectivity index (χ3v) is 5.13. The van der Waals surface area contributed by atoms with Crippen molar-refractivity contribution in [2.45, 2.75) is 38.1 Å². The molecule has 3 rings (SSSR count). The maximum Gasteiger partial charge on any atom is 0.156 e. The fraction of sp³-hybridized carbons (Fsp3) is 0.647. The van der Waals surface area contributed by atoms with Crippen molar-refractivity contribution in [3.8, 4) is 5.75 Å². The molecule has 1 aliphatic heterocycles. The molecule has 1 saturated carbocycles. The Morgan fingerprint density at radius 1 is 1.09 bits per heavy atom. The van der Waals surface area contributed by atoms with E-state index in [1.807, 2.05) is 12.1 Å². The van der Waals surface area contributed by atoms with E-state index < -0.39 is 0 Å². The minimum absolute atomic E-state index is 0.378.